The van der Waals surface area contributed by atoms with Gasteiger partial charge in [-0.2, -0.15) is 5.26 Å². The molecule has 0 fully saturated rings. The van der Waals surface area contributed by atoms with E-state index >= 15 is 0 Å². The molecule has 3 aromatic rings. The summed E-state index contributed by atoms with van der Waals surface area (Å²) in [6.45, 7) is 2.07. The Morgan fingerprint density at radius 3 is 2.56 bits per heavy atom. The molecule has 0 spiro atoms. The molecule has 0 bridgehead atoms. The topological polar surface area (TPSA) is 62.1 Å². The molecular formula is C24H16ClFI2N2O2. The van der Waals surface area contributed by atoms with Crippen molar-refractivity contribution in [2.75, 3.05) is 5.32 Å². The van der Waals surface area contributed by atoms with E-state index in [1.807, 2.05) is 25.1 Å². The fourth-order valence-corrected chi connectivity index (χ4v) is 5.12. The van der Waals surface area contributed by atoms with E-state index in [0.717, 1.165) is 18.3 Å². The molecule has 0 aliphatic carbocycles. The summed E-state index contributed by atoms with van der Waals surface area (Å²) < 4.78 is 20.9. The molecule has 0 saturated carbocycles. The number of hydrogen-bond acceptors (Lipinski definition) is 3. The van der Waals surface area contributed by atoms with Gasteiger partial charge < -0.3 is 10.1 Å². The van der Waals surface area contributed by atoms with Crippen LogP contribution in [0.3, 0.4) is 0 Å². The van der Waals surface area contributed by atoms with Gasteiger partial charge in [0.2, 0.25) is 0 Å². The monoisotopic (exact) mass is 672 g/mol. The zero-order chi connectivity index (χ0) is 23.3. The molecule has 1 N–H and O–H groups in total. The summed E-state index contributed by atoms with van der Waals surface area (Å²) in [5, 5.41) is 12.7. The quantitative estimate of drug-likeness (QED) is 0.172. The van der Waals surface area contributed by atoms with Crippen LogP contribution in [0, 0.1) is 31.2 Å². The van der Waals surface area contributed by atoms with E-state index in [1.54, 1.807) is 30.3 Å². The average Bonchev–Trinajstić information content (AvgIpc) is 2.74. The Kier molecular flexibility index (Phi) is 8.51. The highest BCUT2D eigenvalue weighted by Gasteiger charge is 2.14. The molecule has 0 atom stereocenters. The molecule has 0 aliphatic rings. The van der Waals surface area contributed by atoms with Gasteiger partial charge in [0.05, 0.1) is 7.14 Å². The van der Waals surface area contributed by atoms with E-state index in [0.29, 0.717) is 22.0 Å². The van der Waals surface area contributed by atoms with Crippen LogP contribution in [0.2, 0.25) is 5.02 Å². The first-order valence-electron chi connectivity index (χ1n) is 9.32. The van der Waals surface area contributed by atoms with E-state index in [9.17, 15) is 14.4 Å². The molecule has 0 heterocycles. The Hall–Kier alpha value is -2.16. The number of nitriles is 1. The Morgan fingerprint density at radius 2 is 1.91 bits per heavy atom. The Labute approximate surface area is 217 Å². The molecule has 1 amide bonds. The number of carbonyl (C=O) groups is 1. The van der Waals surface area contributed by atoms with Gasteiger partial charge in [0.25, 0.3) is 5.91 Å². The summed E-state index contributed by atoms with van der Waals surface area (Å²) in [5.74, 6) is -0.175. The molecule has 0 aromatic heterocycles. The minimum Gasteiger partial charge on any atom is -0.487 e. The van der Waals surface area contributed by atoms with Crippen LogP contribution in [-0.2, 0) is 11.4 Å². The van der Waals surface area contributed by atoms with Crippen molar-refractivity contribution >= 4 is 74.5 Å². The number of hydrogen-bond donors (Lipinski definition) is 1. The lowest BCUT2D eigenvalue weighted by Crippen LogP contribution is -2.14. The van der Waals surface area contributed by atoms with Gasteiger partial charge in [-0.25, -0.2) is 4.39 Å². The molecule has 32 heavy (non-hydrogen) atoms. The first kappa shape index (κ1) is 24.5. The summed E-state index contributed by atoms with van der Waals surface area (Å²) >= 11 is 10.3. The molecule has 162 valence electrons. The first-order valence-corrected chi connectivity index (χ1v) is 11.9. The second-order valence-electron chi connectivity index (χ2n) is 6.82. The van der Waals surface area contributed by atoms with E-state index in [2.05, 4.69) is 50.5 Å². The molecule has 3 aromatic carbocycles. The van der Waals surface area contributed by atoms with Crippen molar-refractivity contribution in [1.82, 2.24) is 0 Å². The van der Waals surface area contributed by atoms with E-state index in [1.165, 1.54) is 18.2 Å². The lowest BCUT2D eigenvalue weighted by Gasteiger charge is -2.12. The smallest absolute Gasteiger partial charge is 0.266 e. The molecule has 0 aliphatic heterocycles. The number of nitrogens with one attached hydrogen (secondary N) is 1. The first-order chi connectivity index (χ1) is 15.3. The molecular weight excluding hydrogens is 657 g/mol. The van der Waals surface area contributed by atoms with Crippen LogP contribution in [0.15, 0.2) is 60.2 Å². The number of ether oxygens (including phenoxy) is 1. The summed E-state index contributed by atoms with van der Waals surface area (Å²) in [6.07, 6.45) is 1.52. The average molecular weight is 673 g/mol. The van der Waals surface area contributed by atoms with Gasteiger partial charge in [-0.1, -0.05) is 29.8 Å². The predicted molar refractivity (Wildman–Crippen MR) is 141 cm³/mol. The highest BCUT2D eigenvalue weighted by atomic mass is 127. The van der Waals surface area contributed by atoms with Crippen molar-refractivity contribution in [2.45, 2.75) is 13.5 Å². The summed E-state index contributed by atoms with van der Waals surface area (Å²) in [4.78, 5) is 12.6. The number of halogens is 4. The lowest BCUT2D eigenvalue weighted by atomic mass is 10.1. The zero-order valence-corrected chi connectivity index (χ0v) is 21.8. The number of benzene rings is 3. The minimum atomic E-state index is -0.519. The largest absolute Gasteiger partial charge is 0.487 e. The normalized spacial score (nSPS) is 11.1. The highest BCUT2D eigenvalue weighted by molar-refractivity contribution is 14.1. The highest BCUT2D eigenvalue weighted by Crippen LogP contribution is 2.31. The van der Waals surface area contributed by atoms with Gasteiger partial charge >= 0.3 is 0 Å². The Bertz CT molecular complexity index is 1230. The van der Waals surface area contributed by atoms with Gasteiger partial charge in [-0.05, 0) is 111 Å². The standard InChI is InChI=1S/C24H16ClFI2N2O2/c1-14-5-6-18(25)11-22(14)30-24(31)17(12-29)7-16-9-20(27)23(21(28)10-16)32-13-15-3-2-4-19(26)8-15/h2-11H,13H2,1H3,(H,30,31)/b17-7+. The van der Waals surface area contributed by atoms with Crippen LogP contribution < -0.4 is 10.1 Å². The number of aryl methyl sites for hydroxylation is 1. The zero-order valence-electron chi connectivity index (χ0n) is 16.8. The van der Waals surface area contributed by atoms with E-state index in [-0.39, 0.29) is 18.0 Å². The van der Waals surface area contributed by atoms with Crippen LogP contribution in [0.25, 0.3) is 6.08 Å². The van der Waals surface area contributed by atoms with E-state index in [4.69, 9.17) is 16.3 Å². The van der Waals surface area contributed by atoms with Crippen LogP contribution in [0.1, 0.15) is 16.7 Å². The Balaban J connectivity index is 1.79. The second-order valence-corrected chi connectivity index (χ2v) is 9.58. The molecule has 0 saturated heterocycles. The van der Waals surface area contributed by atoms with Crippen molar-refractivity contribution in [3.63, 3.8) is 0 Å². The summed E-state index contributed by atoms with van der Waals surface area (Å²) in [6, 6.07) is 17.0. The maximum atomic E-state index is 13.4. The summed E-state index contributed by atoms with van der Waals surface area (Å²) in [7, 11) is 0. The predicted octanol–water partition coefficient (Wildman–Crippen LogP) is 7.12. The Morgan fingerprint density at radius 1 is 1.19 bits per heavy atom. The fraction of sp³-hybridized carbons (Fsp3) is 0.0833. The number of amides is 1. The lowest BCUT2D eigenvalue weighted by molar-refractivity contribution is -0.112. The van der Waals surface area contributed by atoms with Gasteiger partial charge in [0.15, 0.2) is 0 Å². The third-order valence-corrected chi connectivity index (χ3v) is 6.25. The van der Waals surface area contributed by atoms with Gasteiger partial charge in [-0.15, -0.1) is 0 Å². The third kappa shape index (κ3) is 6.43. The number of carbonyl (C=O) groups excluding carboxylic acids is 1. The molecule has 4 nitrogen and oxygen atoms in total. The molecule has 0 unspecified atom stereocenters. The summed E-state index contributed by atoms with van der Waals surface area (Å²) in [5.41, 5.74) is 2.76. The van der Waals surface area contributed by atoms with Crippen molar-refractivity contribution in [2.24, 2.45) is 0 Å². The van der Waals surface area contributed by atoms with Crippen LogP contribution in [-0.4, -0.2) is 5.91 Å². The number of rotatable bonds is 6. The fourth-order valence-electron chi connectivity index (χ4n) is 2.82. The SMILES string of the molecule is Cc1ccc(Cl)cc1NC(=O)/C(C#N)=C/c1cc(I)c(OCc2cccc(F)c2)c(I)c1. The number of nitrogens with zero attached hydrogens (tertiary/aromatic N) is 1. The van der Waals surface area contributed by atoms with Crippen molar-refractivity contribution in [3.8, 4) is 11.8 Å². The maximum Gasteiger partial charge on any atom is 0.266 e. The van der Waals surface area contributed by atoms with Gasteiger partial charge in [0.1, 0.15) is 29.8 Å². The van der Waals surface area contributed by atoms with Crippen molar-refractivity contribution < 1.29 is 13.9 Å². The van der Waals surface area contributed by atoms with Gasteiger partial charge in [-0.3, -0.25) is 4.79 Å². The van der Waals surface area contributed by atoms with E-state index < -0.39 is 5.91 Å². The van der Waals surface area contributed by atoms with Crippen LogP contribution in [0.4, 0.5) is 10.1 Å². The minimum absolute atomic E-state index is 0.0376. The number of anilines is 1. The third-order valence-electron chi connectivity index (χ3n) is 4.42. The van der Waals surface area contributed by atoms with Gasteiger partial charge in [0, 0.05) is 10.7 Å². The van der Waals surface area contributed by atoms with Crippen LogP contribution in [0.5, 0.6) is 5.75 Å². The van der Waals surface area contributed by atoms with Crippen molar-refractivity contribution in [1.29, 1.82) is 5.26 Å². The molecule has 0 radical (unpaired) electrons. The maximum absolute atomic E-state index is 13.4. The molecule has 3 rings (SSSR count). The van der Waals surface area contributed by atoms with Crippen LogP contribution >= 0.6 is 56.8 Å². The second kappa shape index (κ2) is 11.1. The molecule has 8 heteroatoms. The van der Waals surface area contributed by atoms with Crippen molar-refractivity contribution in [3.05, 3.63) is 94.8 Å².